The Morgan fingerprint density at radius 3 is 2.87 bits per heavy atom. The van der Waals surface area contributed by atoms with E-state index in [0.717, 1.165) is 5.52 Å². The monoisotopic (exact) mass is 202 g/mol. The molecule has 0 saturated heterocycles. The Kier molecular flexibility index (Phi) is 2.25. The molecule has 0 fully saturated rings. The molecule has 1 amide bonds. The highest BCUT2D eigenvalue weighted by molar-refractivity contribution is 6.07. The van der Waals surface area contributed by atoms with Crippen molar-refractivity contribution in [2.45, 2.75) is 0 Å². The average molecular weight is 202 g/mol. The zero-order chi connectivity index (χ0) is 10.8. The Bertz CT molecular complexity index is 523. The van der Waals surface area contributed by atoms with E-state index in [-0.39, 0.29) is 0 Å². The molecule has 0 bridgehead atoms. The van der Waals surface area contributed by atoms with Gasteiger partial charge in [-0.05, 0) is 18.2 Å². The number of primary amides is 1. The molecule has 0 aliphatic carbocycles. The summed E-state index contributed by atoms with van der Waals surface area (Å²) >= 11 is 0. The Balaban J connectivity index is 2.85. The van der Waals surface area contributed by atoms with Crippen LogP contribution in [-0.4, -0.2) is 18.0 Å². The Morgan fingerprint density at radius 1 is 1.40 bits per heavy atom. The number of benzene rings is 1. The smallest absolute Gasteiger partial charge is 0.253 e. The first-order valence-electron chi connectivity index (χ1n) is 4.45. The minimum absolute atomic E-state index is 0.378. The summed E-state index contributed by atoms with van der Waals surface area (Å²) in [5.74, 6) is -0.0338. The number of pyridine rings is 1. The van der Waals surface area contributed by atoms with Crippen LogP contribution in [0.4, 0.5) is 0 Å². The molecule has 76 valence electrons. The fourth-order valence-electron chi connectivity index (χ4n) is 1.56. The van der Waals surface area contributed by atoms with Gasteiger partial charge in [0, 0.05) is 11.6 Å². The van der Waals surface area contributed by atoms with Crippen molar-refractivity contribution in [3.05, 3.63) is 36.0 Å². The van der Waals surface area contributed by atoms with E-state index >= 15 is 0 Å². The molecule has 2 rings (SSSR count). The fraction of sp³-hybridized carbons (Fsp3) is 0.0909. The van der Waals surface area contributed by atoms with Gasteiger partial charge in [0.15, 0.2) is 0 Å². The number of carbonyl (C=O) groups excluding carboxylic acids is 1. The van der Waals surface area contributed by atoms with Gasteiger partial charge in [-0.25, -0.2) is 0 Å². The molecule has 0 saturated carbocycles. The topological polar surface area (TPSA) is 65.2 Å². The number of fused-ring (bicyclic) bond motifs is 1. The molecule has 4 nitrogen and oxygen atoms in total. The van der Waals surface area contributed by atoms with Crippen molar-refractivity contribution in [3.8, 4) is 5.75 Å². The van der Waals surface area contributed by atoms with Gasteiger partial charge < -0.3 is 10.5 Å². The highest BCUT2D eigenvalue weighted by atomic mass is 16.5. The second-order valence-electron chi connectivity index (χ2n) is 3.08. The van der Waals surface area contributed by atoms with E-state index < -0.39 is 5.91 Å². The van der Waals surface area contributed by atoms with Gasteiger partial charge in [-0.3, -0.25) is 9.78 Å². The van der Waals surface area contributed by atoms with E-state index in [2.05, 4.69) is 4.98 Å². The zero-order valence-corrected chi connectivity index (χ0v) is 8.23. The van der Waals surface area contributed by atoms with Gasteiger partial charge in [0.2, 0.25) is 0 Å². The summed E-state index contributed by atoms with van der Waals surface area (Å²) in [5, 5.41) is 0.712. The lowest BCUT2D eigenvalue weighted by Crippen LogP contribution is -2.13. The molecule has 2 aromatic rings. The van der Waals surface area contributed by atoms with Gasteiger partial charge in [-0.15, -0.1) is 0 Å². The summed E-state index contributed by atoms with van der Waals surface area (Å²) in [4.78, 5) is 15.4. The first-order valence-corrected chi connectivity index (χ1v) is 4.45. The third-order valence-electron chi connectivity index (χ3n) is 2.21. The lowest BCUT2D eigenvalue weighted by molar-refractivity contribution is 0.0999. The molecular weight excluding hydrogens is 192 g/mol. The van der Waals surface area contributed by atoms with E-state index in [9.17, 15) is 4.79 Å². The van der Waals surface area contributed by atoms with Crippen molar-refractivity contribution in [2.24, 2.45) is 5.73 Å². The molecule has 0 atom stereocenters. The molecule has 4 heteroatoms. The maximum Gasteiger partial charge on any atom is 0.253 e. The lowest BCUT2D eigenvalue weighted by Gasteiger charge is -2.07. The van der Waals surface area contributed by atoms with Crippen molar-refractivity contribution in [1.82, 2.24) is 4.98 Å². The van der Waals surface area contributed by atoms with Gasteiger partial charge in [-0.2, -0.15) is 0 Å². The number of ether oxygens (including phenoxy) is 1. The van der Waals surface area contributed by atoms with E-state index in [1.165, 1.54) is 7.11 Å². The SMILES string of the molecule is COc1ccc2ncccc2c1C(N)=O. The highest BCUT2D eigenvalue weighted by Gasteiger charge is 2.13. The number of carbonyl (C=O) groups is 1. The van der Waals surface area contributed by atoms with Gasteiger partial charge in [0.25, 0.3) is 5.91 Å². The highest BCUT2D eigenvalue weighted by Crippen LogP contribution is 2.25. The third kappa shape index (κ3) is 1.50. The Labute approximate surface area is 86.7 Å². The average Bonchev–Trinajstić information content (AvgIpc) is 2.27. The van der Waals surface area contributed by atoms with E-state index in [1.807, 2.05) is 0 Å². The first kappa shape index (κ1) is 9.45. The largest absolute Gasteiger partial charge is 0.496 e. The number of methoxy groups -OCH3 is 1. The summed E-state index contributed by atoms with van der Waals surface area (Å²) in [5.41, 5.74) is 6.42. The third-order valence-corrected chi connectivity index (χ3v) is 2.21. The molecule has 0 aliphatic heterocycles. The van der Waals surface area contributed by atoms with Crippen LogP contribution in [-0.2, 0) is 0 Å². The predicted molar refractivity (Wildman–Crippen MR) is 56.8 cm³/mol. The van der Waals surface area contributed by atoms with Crippen molar-refractivity contribution in [1.29, 1.82) is 0 Å². The molecule has 1 heterocycles. The molecule has 0 aliphatic rings. The molecule has 0 radical (unpaired) electrons. The number of hydrogen-bond donors (Lipinski definition) is 1. The number of aromatic nitrogens is 1. The number of rotatable bonds is 2. The lowest BCUT2D eigenvalue weighted by atomic mass is 10.1. The Morgan fingerprint density at radius 2 is 2.20 bits per heavy atom. The minimum atomic E-state index is -0.509. The zero-order valence-electron chi connectivity index (χ0n) is 8.23. The number of hydrogen-bond acceptors (Lipinski definition) is 3. The minimum Gasteiger partial charge on any atom is -0.496 e. The van der Waals surface area contributed by atoms with Gasteiger partial charge in [0.1, 0.15) is 5.75 Å². The van der Waals surface area contributed by atoms with Crippen LogP contribution < -0.4 is 10.5 Å². The number of nitrogens with two attached hydrogens (primary N) is 1. The quantitative estimate of drug-likeness (QED) is 0.799. The molecule has 0 spiro atoms. The summed E-state index contributed by atoms with van der Waals surface area (Å²) in [6, 6.07) is 7.04. The molecule has 15 heavy (non-hydrogen) atoms. The fourth-order valence-corrected chi connectivity index (χ4v) is 1.56. The molecule has 2 N–H and O–H groups in total. The van der Waals surface area contributed by atoms with Crippen LogP contribution in [0.25, 0.3) is 10.9 Å². The second-order valence-corrected chi connectivity index (χ2v) is 3.08. The molecule has 0 unspecified atom stereocenters. The van der Waals surface area contributed by atoms with Crippen LogP contribution in [0.1, 0.15) is 10.4 Å². The van der Waals surface area contributed by atoms with Crippen molar-refractivity contribution in [2.75, 3.05) is 7.11 Å². The van der Waals surface area contributed by atoms with Crippen LogP contribution >= 0.6 is 0 Å². The van der Waals surface area contributed by atoms with Gasteiger partial charge in [-0.1, -0.05) is 6.07 Å². The second kappa shape index (κ2) is 3.57. The van der Waals surface area contributed by atoms with Crippen LogP contribution in [0, 0.1) is 0 Å². The summed E-state index contributed by atoms with van der Waals surface area (Å²) in [6.07, 6.45) is 1.67. The van der Waals surface area contributed by atoms with Crippen LogP contribution in [0.3, 0.4) is 0 Å². The maximum absolute atomic E-state index is 11.3. The van der Waals surface area contributed by atoms with Crippen molar-refractivity contribution < 1.29 is 9.53 Å². The number of amides is 1. The van der Waals surface area contributed by atoms with Gasteiger partial charge in [0.05, 0.1) is 18.2 Å². The van der Waals surface area contributed by atoms with E-state index in [4.69, 9.17) is 10.5 Å². The van der Waals surface area contributed by atoms with Crippen LogP contribution in [0.5, 0.6) is 5.75 Å². The summed E-state index contributed by atoms with van der Waals surface area (Å²) < 4.78 is 5.09. The first-order chi connectivity index (χ1) is 7.24. The van der Waals surface area contributed by atoms with Gasteiger partial charge >= 0.3 is 0 Å². The summed E-state index contributed by atoms with van der Waals surface area (Å²) in [6.45, 7) is 0. The number of nitrogens with zero attached hydrogens (tertiary/aromatic N) is 1. The summed E-state index contributed by atoms with van der Waals surface area (Å²) in [7, 11) is 1.50. The normalized spacial score (nSPS) is 10.2. The Hall–Kier alpha value is -2.10. The molecule has 1 aromatic carbocycles. The predicted octanol–water partition coefficient (Wildman–Crippen LogP) is 1.34. The molecular formula is C11H10N2O2. The van der Waals surface area contributed by atoms with Crippen molar-refractivity contribution >= 4 is 16.8 Å². The van der Waals surface area contributed by atoms with Crippen LogP contribution in [0.15, 0.2) is 30.5 Å². The van der Waals surface area contributed by atoms with E-state index in [0.29, 0.717) is 16.7 Å². The van der Waals surface area contributed by atoms with Crippen molar-refractivity contribution in [3.63, 3.8) is 0 Å². The van der Waals surface area contributed by atoms with Crippen LogP contribution in [0.2, 0.25) is 0 Å². The molecule has 1 aromatic heterocycles. The maximum atomic E-state index is 11.3. The van der Waals surface area contributed by atoms with E-state index in [1.54, 1.807) is 30.5 Å². The standard InChI is InChI=1S/C11H10N2O2/c1-15-9-5-4-8-7(3-2-6-13-8)10(9)11(12)14/h2-6H,1H3,(H2,12,14).